The van der Waals surface area contributed by atoms with Crippen LogP contribution in [0.15, 0.2) is 23.1 Å². The molecule has 1 aromatic carbocycles. The van der Waals surface area contributed by atoms with Crippen molar-refractivity contribution in [2.75, 3.05) is 5.75 Å². The van der Waals surface area contributed by atoms with Gasteiger partial charge in [0.25, 0.3) is 0 Å². The molecular weight excluding hydrogens is 204 g/mol. The van der Waals surface area contributed by atoms with Gasteiger partial charge in [0.15, 0.2) is 0 Å². The monoisotopic (exact) mass is 214 g/mol. The van der Waals surface area contributed by atoms with Crippen LogP contribution in [0.5, 0.6) is 0 Å². The topological polar surface area (TPSA) is 49.9 Å². The highest BCUT2D eigenvalue weighted by Crippen LogP contribution is 2.27. The van der Waals surface area contributed by atoms with E-state index in [2.05, 4.69) is 6.92 Å². The highest BCUT2D eigenvalue weighted by Gasteiger charge is 2.08. The molecule has 0 atom stereocenters. The predicted molar refractivity (Wildman–Crippen MR) is 58.9 cm³/mol. The van der Waals surface area contributed by atoms with Gasteiger partial charge in [0.2, 0.25) is 0 Å². The molecule has 70 valence electrons. The van der Waals surface area contributed by atoms with Crippen LogP contribution in [-0.2, 0) is 0 Å². The van der Waals surface area contributed by atoms with Crippen molar-refractivity contribution in [3.8, 4) is 0 Å². The zero-order valence-corrected chi connectivity index (χ0v) is 8.88. The van der Waals surface area contributed by atoms with Gasteiger partial charge in [-0.05, 0) is 17.9 Å². The van der Waals surface area contributed by atoms with Gasteiger partial charge in [0.05, 0.1) is 5.02 Å². The first-order valence-corrected chi connectivity index (χ1v) is 5.29. The maximum atomic E-state index is 7.38. The van der Waals surface area contributed by atoms with E-state index in [1.165, 1.54) is 0 Å². The van der Waals surface area contributed by atoms with Crippen LogP contribution in [0.4, 0.5) is 0 Å². The zero-order valence-electron chi connectivity index (χ0n) is 7.30. The molecule has 0 amide bonds. The molecule has 0 aliphatic rings. The SMILES string of the molecule is CCSc1cccc(Cl)c1C(=N)N. The van der Waals surface area contributed by atoms with Gasteiger partial charge in [-0.2, -0.15) is 0 Å². The van der Waals surface area contributed by atoms with Crippen molar-refractivity contribution in [2.45, 2.75) is 11.8 Å². The molecular formula is C9H11ClN2S. The molecule has 0 aliphatic heterocycles. The number of rotatable bonds is 3. The zero-order chi connectivity index (χ0) is 9.84. The fourth-order valence-electron chi connectivity index (χ4n) is 1.04. The number of hydrogen-bond acceptors (Lipinski definition) is 2. The van der Waals surface area contributed by atoms with E-state index in [1.807, 2.05) is 12.1 Å². The van der Waals surface area contributed by atoms with E-state index in [4.69, 9.17) is 22.7 Å². The Bertz CT molecular complexity index is 325. The minimum atomic E-state index is 0.0292. The van der Waals surface area contributed by atoms with Crippen molar-refractivity contribution >= 4 is 29.2 Å². The molecule has 0 aromatic heterocycles. The maximum Gasteiger partial charge on any atom is 0.125 e. The van der Waals surface area contributed by atoms with Gasteiger partial charge < -0.3 is 5.73 Å². The van der Waals surface area contributed by atoms with E-state index in [-0.39, 0.29) is 5.84 Å². The summed E-state index contributed by atoms with van der Waals surface area (Å²) in [6.45, 7) is 2.05. The molecule has 2 nitrogen and oxygen atoms in total. The lowest BCUT2D eigenvalue weighted by atomic mass is 10.2. The Kier molecular flexibility index (Phi) is 3.63. The van der Waals surface area contributed by atoms with Crippen LogP contribution >= 0.6 is 23.4 Å². The first kappa shape index (κ1) is 10.4. The van der Waals surface area contributed by atoms with Gasteiger partial charge in [-0.3, -0.25) is 5.41 Å². The Labute approximate surface area is 87.0 Å². The van der Waals surface area contributed by atoms with Crippen molar-refractivity contribution in [1.82, 2.24) is 0 Å². The van der Waals surface area contributed by atoms with Gasteiger partial charge in [-0.25, -0.2) is 0 Å². The molecule has 13 heavy (non-hydrogen) atoms. The Morgan fingerprint density at radius 2 is 2.31 bits per heavy atom. The van der Waals surface area contributed by atoms with Gasteiger partial charge in [0.1, 0.15) is 5.84 Å². The molecule has 3 N–H and O–H groups in total. The molecule has 0 fully saturated rings. The minimum Gasteiger partial charge on any atom is -0.384 e. The molecule has 0 heterocycles. The van der Waals surface area contributed by atoms with Crippen molar-refractivity contribution in [3.63, 3.8) is 0 Å². The number of benzene rings is 1. The summed E-state index contributed by atoms with van der Waals surface area (Å²) in [6.07, 6.45) is 0. The number of nitrogens with two attached hydrogens (primary N) is 1. The third-order valence-corrected chi connectivity index (χ3v) is 2.80. The third-order valence-electron chi connectivity index (χ3n) is 1.54. The van der Waals surface area contributed by atoms with Crippen molar-refractivity contribution in [3.05, 3.63) is 28.8 Å². The van der Waals surface area contributed by atoms with Crippen LogP contribution in [0, 0.1) is 5.41 Å². The van der Waals surface area contributed by atoms with E-state index in [9.17, 15) is 0 Å². The van der Waals surface area contributed by atoms with E-state index < -0.39 is 0 Å². The largest absolute Gasteiger partial charge is 0.384 e. The highest BCUT2D eigenvalue weighted by atomic mass is 35.5. The summed E-state index contributed by atoms with van der Waals surface area (Å²) in [5, 5.41) is 7.92. The Morgan fingerprint density at radius 3 is 2.85 bits per heavy atom. The quantitative estimate of drug-likeness (QED) is 0.462. The van der Waals surface area contributed by atoms with Gasteiger partial charge in [-0.15, -0.1) is 11.8 Å². The highest BCUT2D eigenvalue weighted by molar-refractivity contribution is 7.99. The first-order valence-electron chi connectivity index (χ1n) is 3.92. The second-order valence-electron chi connectivity index (χ2n) is 2.46. The fourth-order valence-corrected chi connectivity index (χ4v) is 2.22. The third kappa shape index (κ3) is 2.39. The molecule has 0 saturated heterocycles. The van der Waals surface area contributed by atoms with Crippen molar-refractivity contribution < 1.29 is 0 Å². The van der Waals surface area contributed by atoms with Crippen molar-refractivity contribution in [1.29, 1.82) is 5.41 Å². The van der Waals surface area contributed by atoms with E-state index in [0.29, 0.717) is 10.6 Å². The van der Waals surface area contributed by atoms with E-state index >= 15 is 0 Å². The number of nitrogens with one attached hydrogen (secondary N) is 1. The van der Waals surface area contributed by atoms with Crippen LogP contribution in [0.25, 0.3) is 0 Å². The smallest absolute Gasteiger partial charge is 0.125 e. The Balaban J connectivity index is 3.17. The maximum absolute atomic E-state index is 7.38. The van der Waals surface area contributed by atoms with Crippen LogP contribution in [0.2, 0.25) is 5.02 Å². The summed E-state index contributed by atoms with van der Waals surface area (Å²) < 4.78 is 0. The molecule has 0 bridgehead atoms. The summed E-state index contributed by atoms with van der Waals surface area (Å²) in [4.78, 5) is 0.975. The van der Waals surface area contributed by atoms with E-state index in [1.54, 1.807) is 17.8 Å². The number of nitrogen functional groups attached to an aromatic ring is 1. The average Bonchev–Trinajstić information content (AvgIpc) is 2.04. The van der Waals surface area contributed by atoms with Gasteiger partial charge in [-0.1, -0.05) is 24.6 Å². The summed E-state index contributed by atoms with van der Waals surface area (Å²) >= 11 is 7.57. The molecule has 4 heteroatoms. The second-order valence-corrected chi connectivity index (χ2v) is 4.17. The Morgan fingerprint density at radius 1 is 1.62 bits per heavy atom. The van der Waals surface area contributed by atoms with Crippen LogP contribution < -0.4 is 5.73 Å². The second kappa shape index (κ2) is 4.53. The number of halogens is 1. The molecule has 1 aromatic rings. The lowest BCUT2D eigenvalue weighted by Crippen LogP contribution is -2.13. The summed E-state index contributed by atoms with van der Waals surface area (Å²) in [7, 11) is 0. The molecule has 1 rings (SSSR count). The summed E-state index contributed by atoms with van der Waals surface area (Å²) in [5.41, 5.74) is 6.08. The van der Waals surface area contributed by atoms with Crippen molar-refractivity contribution in [2.24, 2.45) is 5.73 Å². The number of amidine groups is 1. The molecule has 0 radical (unpaired) electrons. The minimum absolute atomic E-state index is 0.0292. The predicted octanol–water partition coefficient (Wildman–Crippen LogP) is 2.74. The Hall–Kier alpha value is -0.670. The molecule has 0 saturated carbocycles. The van der Waals surface area contributed by atoms with Crippen LogP contribution in [0.3, 0.4) is 0 Å². The lowest BCUT2D eigenvalue weighted by molar-refractivity contribution is 1.34. The number of hydrogen-bond donors (Lipinski definition) is 2. The fraction of sp³-hybridized carbons (Fsp3) is 0.222. The van der Waals surface area contributed by atoms with Gasteiger partial charge >= 0.3 is 0 Å². The summed E-state index contributed by atoms with van der Waals surface area (Å²) in [5.74, 6) is 0.974. The number of thioether (sulfide) groups is 1. The lowest BCUT2D eigenvalue weighted by Gasteiger charge is -2.07. The first-order chi connectivity index (χ1) is 6.16. The van der Waals surface area contributed by atoms with Gasteiger partial charge in [0, 0.05) is 10.5 Å². The van der Waals surface area contributed by atoms with E-state index in [0.717, 1.165) is 10.6 Å². The molecule has 0 unspecified atom stereocenters. The summed E-state index contributed by atoms with van der Waals surface area (Å²) in [6, 6.07) is 5.54. The standard InChI is InChI=1S/C9H11ClN2S/c1-2-13-7-5-3-4-6(10)8(7)9(11)12/h3-5H,2H2,1H3,(H3,11,12). The normalized spacial score (nSPS) is 10.0. The van der Waals surface area contributed by atoms with Crippen LogP contribution in [0.1, 0.15) is 12.5 Å². The molecule has 0 spiro atoms. The van der Waals surface area contributed by atoms with Crippen LogP contribution in [-0.4, -0.2) is 11.6 Å². The molecule has 0 aliphatic carbocycles. The average molecular weight is 215 g/mol.